The molecule has 39 heavy (non-hydrogen) atoms. The van der Waals surface area contributed by atoms with E-state index in [1.807, 2.05) is 0 Å². The average molecular weight is 611 g/mol. The molecule has 0 atom stereocenters. The van der Waals surface area contributed by atoms with Crippen LogP contribution in [0.2, 0.25) is 0 Å². The third-order valence-corrected chi connectivity index (χ3v) is 10.4. The third-order valence-electron chi connectivity index (χ3n) is 6.51. The monoisotopic (exact) mass is 610 g/mol. The van der Waals surface area contributed by atoms with Crippen molar-refractivity contribution in [1.29, 1.82) is 0 Å². The van der Waals surface area contributed by atoms with Crippen LogP contribution >= 0.6 is 23.1 Å². The average Bonchev–Trinajstić information content (AvgIpc) is 3.49. The SMILES string of the molecule is Cc1sc(SCCCCC(F)(F)C(F)(F)F)c2c(NS(=O)(=O)c3ccc(N4CCCC4)cc3)nc(=O)n-2c1C. The van der Waals surface area contributed by atoms with E-state index in [0.29, 0.717) is 9.90 Å². The van der Waals surface area contributed by atoms with E-state index in [4.69, 9.17) is 0 Å². The second-order valence-electron chi connectivity index (χ2n) is 9.26. The van der Waals surface area contributed by atoms with E-state index in [0.717, 1.165) is 48.3 Å². The number of nitrogens with zero attached hydrogens (tertiary/aromatic N) is 3. The summed E-state index contributed by atoms with van der Waals surface area (Å²) in [4.78, 5) is 19.6. The molecule has 3 heterocycles. The molecule has 4 rings (SSSR count). The van der Waals surface area contributed by atoms with Gasteiger partial charge in [0.2, 0.25) is 0 Å². The van der Waals surface area contributed by atoms with Crippen molar-refractivity contribution in [1.82, 2.24) is 9.55 Å². The van der Waals surface area contributed by atoms with Crippen LogP contribution in [0.1, 0.15) is 42.7 Å². The number of imidazole rings is 1. The Hall–Kier alpha value is -2.39. The number of rotatable bonds is 10. The minimum Gasteiger partial charge on any atom is -0.372 e. The molecule has 1 aromatic carbocycles. The van der Waals surface area contributed by atoms with Gasteiger partial charge >= 0.3 is 17.8 Å². The van der Waals surface area contributed by atoms with Gasteiger partial charge in [-0.2, -0.15) is 26.9 Å². The Morgan fingerprint density at radius 2 is 1.69 bits per heavy atom. The van der Waals surface area contributed by atoms with Gasteiger partial charge in [0.05, 0.1) is 9.10 Å². The summed E-state index contributed by atoms with van der Waals surface area (Å²) in [6.45, 7) is 5.26. The summed E-state index contributed by atoms with van der Waals surface area (Å²) in [5, 5.41) is 0. The van der Waals surface area contributed by atoms with Gasteiger partial charge in [0.15, 0.2) is 5.82 Å². The molecule has 1 aromatic rings. The quantitative estimate of drug-likeness (QED) is 0.167. The summed E-state index contributed by atoms with van der Waals surface area (Å²) in [6.07, 6.45) is -5.05. The number of hydrogen-bond donors (Lipinski definition) is 1. The molecule has 0 saturated carbocycles. The van der Waals surface area contributed by atoms with Gasteiger partial charge in [0, 0.05) is 35.8 Å². The van der Waals surface area contributed by atoms with Crippen LogP contribution in [-0.4, -0.2) is 48.9 Å². The summed E-state index contributed by atoms with van der Waals surface area (Å²) in [5.41, 5.74) is 1.01. The molecular weight excluding hydrogens is 583 g/mol. The molecular formula is C24H27F5N4O3S3. The molecule has 0 aliphatic carbocycles. The Bertz CT molecular complexity index is 1450. The van der Waals surface area contributed by atoms with Gasteiger partial charge in [-0.1, -0.05) is 0 Å². The van der Waals surface area contributed by atoms with Crippen molar-refractivity contribution in [3.8, 4) is 5.69 Å². The van der Waals surface area contributed by atoms with Crippen molar-refractivity contribution in [2.75, 3.05) is 28.5 Å². The Morgan fingerprint density at radius 3 is 2.31 bits per heavy atom. The molecule has 0 spiro atoms. The van der Waals surface area contributed by atoms with Gasteiger partial charge in [0.1, 0.15) is 5.69 Å². The molecule has 0 aromatic heterocycles. The number of halogens is 5. The molecule has 1 saturated heterocycles. The van der Waals surface area contributed by atoms with Crippen molar-refractivity contribution in [3.63, 3.8) is 0 Å². The van der Waals surface area contributed by atoms with E-state index >= 15 is 0 Å². The van der Waals surface area contributed by atoms with Crippen LogP contribution in [0.4, 0.5) is 33.5 Å². The van der Waals surface area contributed by atoms with Crippen LogP contribution in [0.15, 0.2) is 38.2 Å². The fourth-order valence-electron chi connectivity index (χ4n) is 4.24. The molecule has 214 valence electrons. The Balaban J connectivity index is 1.54. The minimum atomic E-state index is -5.59. The maximum Gasteiger partial charge on any atom is 0.453 e. The van der Waals surface area contributed by atoms with E-state index in [1.165, 1.54) is 28.0 Å². The topological polar surface area (TPSA) is 84.3 Å². The minimum absolute atomic E-state index is 0.00801. The molecule has 1 fully saturated rings. The Labute approximate surface area is 230 Å². The summed E-state index contributed by atoms with van der Waals surface area (Å²) < 4.78 is 94.2. The number of thioether (sulfide) groups is 1. The smallest absolute Gasteiger partial charge is 0.372 e. The molecule has 3 aliphatic rings. The van der Waals surface area contributed by atoms with Gasteiger partial charge in [0.25, 0.3) is 10.0 Å². The first-order chi connectivity index (χ1) is 18.2. The van der Waals surface area contributed by atoms with Gasteiger partial charge in [-0.05, 0) is 69.5 Å². The van der Waals surface area contributed by atoms with Crippen LogP contribution in [0.25, 0.3) is 5.69 Å². The Kier molecular flexibility index (Phi) is 8.53. The van der Waals surface area contributed by atoms with Crippen molar-refractivity contribution in [2.45, 2.75) is 67.2 Å². The lowest BCUT2D eigenvalue weighted by Crippen LogP contribution is -2.36. The highest BCUT2D eigenvalue weighted by Crippen LogP contribution is 2.41. The first-order valence-corrected chi connectivity index (χ1v) is 15.5. The molecule has 7 nitrogen and oxygen atoms in total. The maximum absolute atomic E-state index is 13.2. The third kappa shape index (κ3) is 6.35. The lowest BCUT2D eigenvalue weighted by atomic mass is 10.1. The van der Waals surface area contributed by atoms with Crippen molar-refractivity contribution in [2.24, 2.45) is 0 Å². The van der Waals surface area contributed by atoms with E-state index in [1.54, 1.807) is 26.0 Å². The lowest BCUT2D eigenvalue weighted by molar-refractivity contribution is -0.284. The first kappa shape index (κ1) is 29.6. The highest BCUT2D eigenvalue weighted by atomic mass is 32.2. The van der Waals surface area contributed by atoms with Crippen molar-refractivity contribution in [3.05, 3.63) is 45.3 Å². The van der Waals surface area contributed by atoms with E-state index in [9.17, 15) is 35.2 Å². The first-order valence-electron chi connectivity index (χ1n) is 12.2. The number of benzene rings is 1. The van der Waals surface area contributed by atoms with Crippen LogP contribution in [0.5, 0.6) is 0 Å². The van der Waals surface area contributed by atoms with Gasteiger partial charge in [-0.15, -0.1) is 23.1 Å². The number of hydrogen-bond acceptors (Lipinski definition) is 7. The summed E-state index contributed by atoms with van der Waals surface area (Å²) in [5.74, 6) is -4.74. The molecule has 0 radical (unpaired) electrons. The fraction of sp³-hybridized carbons (Fsp3) is 0.500. The van der Waals surface area contributed by atoms with Crippen LogP contribution < -0.4 is 15.3 Å². The van der Waals surface area contributed by atoms with E-state index < -0.39 is 34.2 Å². The van der Waals surface area contributed by atoms with E-state index in [-0.39, 0.29) is 35.0 Å². The number of sulfonamides is 1. The summed E-state index contributed by atoms with van der Waals surface area (Å²) in [7, 11) is -4.11. The molecule has 0 unspecified atom stereocenters. The second-order valence-corrected chi connectivity index (χ2v) is 13.5. The molecule has 0 bridgehead atoms. The summed E-state index contributed by atoms with van der Waals surface area (Å²) >= 11 is 2.41. The number of fused-ring (bicyclic) bond motifs is 1. The number of aryl methyl sites for hydroxylation is 1. The highest BCUT2D eigenvalue weighted by Gasteiger charge is 2.56. The molecule has 15 heteroatoms. The van der Waals surface area contributed by atoms with Gasteiger partial charge in [-0.3, -0.25) is 9.29 Å². The standard InChI is InChI=1S/C24H27F5N4O3S3/c1-15-16(2)38-21(37-14-6-3-11-23(25,26)24(27,28)29)19-20(30-22(34)33(15)19)31-39(35,36)18-9-7-17(8-10-18)32-12-4-5-13-32/h7-10H,3-6,11-14H2,1-2H3,(H,30,31,34). The maximum atomic E-state index is 13.2. The molecule has 1 N–H and O–H groups in total. The zero-order valence-electron chi connectivity index (χ0n) is 21.1. The Morgan fingerprint density at radius 1 is 1.05 bits per heavy atom. The van der Waals surface area contributed by atoms with E-state index in [2.05, 4.69) is 14.6 Å². The van der Waals surface area contributed by atoms with Crippen LogP contribution in [0, 0.1) is 13.8 Å². The number of alkyl halides is 5. The van der Waals surface area contributed by atoms with Crippen LogP contribution in [-0.2, 0) is 10.0 Å². The number of unbranched alkanes of at least 4 members (excludes halogenated alkanes) is 1. The molecule has 0 amide bonds. The van der Waals surface area contributed by atoms with Gasteiger partial charge < -0.3 is 4.90 Å². The normalized spacial score (nSPS) is 14.9. The number of anilines is 2. The number of aromatic nitrogens is 2. The second kappa shape index (κ2) is 11.2. The van der Waals surface area contributed by atoms with Gasteiger partial charge in [-0.25, -0.2) is 13.2 Å². The molecule has 3 aliphatic heterocycles. The zero-order valence-corrected chi connectivity index (χ0v) is 23.6. The highest BCUT2D eigenvalue weighted by molar-refractivity contribution is 8.01. The summed E-state index contributed by atoms with van der Waals surface area (Å²) in [6, 6.07) is 6.42. The van der Waals surface area contributed by atoms with Crippen molar-refractivity contribution < 1.29 is 30.4 Å². The lowest BCUT2D eigenvalue weighted by Gasteiger charge is -2.19. The van der Waals surface area contributed by atoms with Crippen molar-refractivity contribution >= 4 is 44.6 Å². The zero-order chi connectivity index (χ0) is 28.6. The predicted molar refractivity (Wildman–Crippen MR) is 143 cm³/mol. The largest absolute Gasteiger partial charge is 0.453 e. The number of nitrogens with one attached hydrogen (secondary N) is 1. The van der Waals surface area contributed by atoms with Crippen LogP contribution in [0.3, 0.4) is 0 Å². The fourth-order valence-corrected chi connectivity index (χ4v) is 7.77. The predicted octanol–water partition coefficient (Wildman–Crippen LogP) is 6.21.